The molecule has 1 saturated carbocycles. The van der Waals surface area contributed by atoms with Crippen molar-refractivity contribution < 1.29 is 5.11 Å². The summed E-state index contributed by atoms with van der Waals surface area (Å²) in [5.74, 6) is 0.247. The first kappa shape index (κ1) is 12.0. The summed E-state index contributed by atoms with van der Waals surface area (Å²) in [6, 6.07) is 6.19. The number of rotatable bonds is 1. The summed E-state index contributed by atoms with van der Waals surface area (Å²) in [5, 5.41) is 12.0. The fourth-order valence-corrected chi connectivity index (χ4v) is 3.34. The lowest BCUT2D eigenvalue weighted by molar-refractivity contribution is 0.283. The largest absolute Gasteiger partial charge is 0.494 e. The average molecular weight is 332 g/mol. The fourth-order valence-electron chi connectivity index (χ4n) is 2.89. The number of aromatic nitrogens is 2. The summed E-state index contributed by atoms with van der Waals surface area (Å²) in [6.45, 7) is 0. The van der Waals surface area contributed by atoms with Gasteiger partial charge in [-0.15, -0.1) is 0 Å². The Hall–Kier alpha value is -1.75. The number of para-hydroxylation sites is 1. The maximum Gasteiger partial charge on any atom is 0.203 e. The molecule has 2 aromatic heterocycles. The number of nitrogens with two attached hydrogens (primary N) is 1. The molecule has 3 N–H and O–H groups in total. The van der Waals surface area contributed by atoms with Crippen LogP contribution in [0.4, 0.5) is 5.69 Å². The van der Waals surface area contributed by atoms with E-state index in [1.807, 2.05) is 29.0 Å². The van der Waals surface area contributed by atoms with E-state index in [0.717, 1.165) is 33.7 Å². The first-order valence-corrected chi connectivity index (χ1v) is 7.53. The van der Waals surface area contributed by atoms with Crippen LogP contribution in [0.5, 0.6) is 5.88 Å². The van der Waals surface area contributed by atoms with Gasteiger partial charge < -0.3 is 15.4 Å². The van der Waals surface area contributed by atoms with Crippen molar-refractivity contribution in [2.75, 3.05) is 5.73 Å². The van der Waals surface area contributed by atoms with Crippen LogP contribution in [0, 0.1) is 0 Å². The van der Waals surface area contributed by atoms with E-state index < -0.39 is 0 Å². The van der Waals surface area contributed by atoms with E-state index in [0.29, 0.717) is 17.1 Å². The molecule has 0 spiro atoms. The Morgan fingerprint density at radius 1 is 1.35 bits per heavy atom. The number of fused-ring (bicyclic) bond motifs is 2. The minimum absolute atomic E-state index is 0.247. The second-order valence-electron chi connectivity index (χ2n) is 5.37. The van der Waals surface area contributed by atoms with Crippen molar-refractivity contribution in [1.82, 2.24) is 9.55 Å². The summed E-state index contributed by atoms with van der Waals surface area (Å²) in [7, 11) is 0. The minimum Gasteiger partial charge on any atom is -0.494 e. The monoisotopic (exact) mass is 331 g/mol. The SMILES string of the molecule is Nc1c2cccc(Br)c2nc2cn(C3CCC3)c(O)c12. The lowest BCUT2D eigenvalue weighted by Gasteiger charge is -2.27. The van der Waals surface area contributed by atoms with Crippen molar-refractivity contribution in [2.45, 2.75) is 25.3 Å². The van der Waals surface area contributed by atoms with Crippen molar-refractivity contribution in [3.05, 3.63) is 28.9 Å². The molecule has 2 heterocycles. The van der Waals surface area contributed by atoms with Gasteiger partial charge >= 0.3 is 0 Å². The standard InChI is InChI=1S/C15H14BrN3O/c16-10-6-2-5-9-13(17)12-11(18-14(9)10)7-19(15(12)20)8-3-1-4-8/h2,5-8,20H,1,3-4,17H2. The quantitative estimate of drug-likeness (QED) is 0.709. The topological polar surface area (TPSA) is 64.1 Å². The molecule has 0 amide bonds. The molecule has 0 saturated heterocycles. The summed E-state index contributed by atoms with van der Waals surface area (Å²) in [6.07, 6.45) is 5.36. The Kier molecular flexibility index (Phi) is 2.48. The van der Waals surface area contributed by atoms with Crippen LogP contribution in [-0.4, -0.2) is 14.7 Å². The van der Waals surface area contributed by atoms with Crippen molar-refractivity contribution >= 4 is 43.4 Å². The van der Waals surface area contributed by atoms with E-state index in [4.69, 9.17) is 5.73 Å². The van der Waals surface area contributed by atoms with E-state index in [1.165, 1.54) is 6.42 Å². The molecule has 5 heteroatoms. The van der Waals surface area contributed by atoms with E-state index in [9.17, 15) is 5.11 Å². The maximum absolute atomic E-state index is 10.5. The Morgan fingerprint density at radius 2 is 2.15 bits per heavy atom. The zero-order valence-corrected chi connectivity index (χ0v) is 12.4. The number of anilines is 1. The molecule has 4 nitrogen and oxygen atoms in total. The number of nitrogens with zero attached hydrogens (tertiary/aromatic N) is 2. The zero-order valence-electron chi connectivity index (χ0n) is 10.8. The number of benzene rings is 1. The Bertz CT molecular complexity index is 836. The van der Waals surface area contributed by atoms with Crippen LogP contribution >= 0.6 is 15.9 Å². The zero-order chi connectivity index (χ0) is 13.9. The van der Waals surface area contributed by atoms with Crippen molar-refractivity contribution in [1.29, 1.82) is 0 Å². The third kappa shape index (κ3) is 1.50. The molecular weight excluding hydrogens is 318 g/mol. The molecule has 0 radical (unpaired) electrons. The summed E-state index contributed by atoms with van der Waals surface area (Å²) in [4.78, 5) is 4.65. The van der Waals surface area contributed by atoms with Gasteiger partial charge in [-0.2, -0.15) is 0 Å². The highest BCUT2D eigenvalue weighted by Gasteiger charge is 2.25. The molecule has 20 heavy (non-hydrogen) atoms. The molecular formula is C15H14BrN3O. The van der Waals surface area contributed by atoms with Crippen LogP contribution in [0.25, 0.3) is 21.8 Å². The third-order valence-corrected chi connectivity index (χ3v) is 4.87. The van der Waals surface area contributed by atoms with Crippen LogP contribution in [0.2, 0.25) is 0 Å². The Morgan fingerprint density at radius 3 is 2.85 bits per heavy atom. The first-order valence-electron chi connectivity index (χ1n) is 6.74. The van der Waals surface area contributed by atoms with Crippen LogP contribution in [0.1, 0.15) is 25.3 Å². The van der Waals surface area contributed by atoms with Gasteiger partial charge in [-0.1, -0.05) is 12.1 Å². The highest BCUT2D eigenvalue weighted by atomic mass is 79.9. The van der Waals surface area contributed by atoms with Crippen LogP contribution in [0.3, 0.4) is 0 Å². The Balaban J connectivity index is 2.10. The molecule has 1 fully saturated rings. The smallest absolute Gasteiger partial charge is 0.203 e. The van der Waals surface area contributed by atoms with E-state index >= 15 is 0 Å². The molecule has 1 aliphatic carbocycles. The summed E-state index contributed by atoms with van der Waals surface area (Å²) >= 11 is 3.51. The van der Waals surface area contributed by atoms with Crippen LogP contribution in [-0.2, 0) is 0 Å². The number of aromatic hydroxyl groups is 1. The molecule has 3 aromatic rings. The predicted octanol–water partition coefficient (Wildman–Crippen LogP) is 3.96. The van der Waals surface area contributed by atoms with Gasteiger partial charge in [0.2, 0.25) is 5.88 Å². The van der Waals surface area contributed by atoms with Gasteiger partial charge in [0.1, 0.15) is 0 Å². The molecule has 102 valence electrons. The van der Waals surface area contributed by atoms with E-state index in [-0.39, 0.29) is 5.88 Å². The first-order chi connectivity index (χ1) is 9.66. The second-order valence-corrected chi connectivity index (χ2v) is 6.22. The predicted molar refractivity (Wildman–Crippen MR) is 83.9 cm³/mol. The summed E-state index contributed by atoms with van der Waals surface area (Å²) < 4.78 is 2.84. The molecule has 1 aliphatic rings. The average Bonchev–Trinajstić information content (AvgIpc) is 2.67. The number of halogens is 1. The lowest BCUT2D eigenvalue weighted by atomic mass is 9.93. The lowest BCUT2D eigenvalue weighted by Crippen LogP contribution is -2.15. The van der Waals surface area contributed by atoms with Crippen molar-refractivity contribution in [2.24, 2.45) is 0 Å². The molecule has 0 aliphatic heterocycles. The highest BCUT2D eigenvalue weighted by Crippen LogP contribution is 2.42. The Labute approximate surface area is 124 Å². The number of nitrogen functional groups attached to an aromatic ring is 1. The third-order valence-electron chi connectivity index (χ3n) is 4.23. The summed E-state index contributed by atoms with van der Waals surface area (Å²) in [5.41, 5.74) is 8.45. The molecule has 4 rings (SSSR count). The maximum atomic E-state index is 10.5. The number of hydrogen-bond donors (Lipinski definition) is 2. The van der Waals surface area contributed by atoms with E-state index in [1.54, 1.807) is 0 Å². The number of hydrogen-bond acceptors (Lipinski definition) is 3. The fraction of sp³-hybridized carbons (Fsp3) is 0.267. The van der Waals surface area contributed by atoms with Crippen LogP contribution in [0.15, 0.2) is 28.9 Å². The highest BCUT2D eigenvalue weighted by molar-refractivity contribution is 9.10. The van der Waals surface area contributed by atoms with Gasteiger partial charge in [0, 0.05) is 22.1 Å². The van der Waals surface area contributed by atoms with Gasteiger partial charge in [-0.05, 0) is 41.3 Å². The number of pyridine rings is 1. The molecule has 0 atom stereocenters. The van der Waals surface area contributed by atoms with Gasteiger partial charge in [-0.3, -0.25) is 0 Å². The molecule has 1 aromatic carbocycles. The second kappa shape index (κ2) is 4.12. The normalized spacial score (nSPS) is 15.8. The van der Waals surface area contributed by atoms with Crippen molar-refractivity contribution in [3.63, 3.8) is 0 Å². The van der Waals surface area contributed by atoms with Gasteiger partial charge in [-0.25, -0.2) is 4.98 Å². The molecule has 0 unspecified atom stereocenters. The van der Waals surface area contributed by atoms with Crippen molar-refractivity contribution in [3.8, 4) is 5.88 Å². The van der Waals surface area contributed by atoms with Gasteiger partial charge in [0.05, 0.1) is 22.1 Å². The van der Waals surface area contributed by atoms with E-state index in [2.05, 4.69) is 20.9 Å². The van der Waals surface area contributed by atoms with Gasteiger partial charge in [0.25, 0.3) is 0 Å². The molecule has 0 bridgehead atoms. The minimum atomic E-state index is 0.247. The van der Waals surface area contributed by atoms with Crippen LogP contribution < -0.4 is 5.73 Å². The van der Waals surface area contributed by atoms with Gasteiger partial charge in [0.15, 0.2) is 0 Å².